The first-order valence-electron chi connectivity index (χ1n) is 5.99. The fourth-order valence-electron chi connectivity index (χ4n) is 2.70. The lowest BCUT2D eigenvalue weighted by Gasteiger charge is -2.07. The van der Waals surface area contributed by atoms with Crippen LogP contribution in [-0.4, -0.2) is 17.8 Å². The zero-order valence-corrected chi connectivity index (χ0v) is 11.3. The summed E-state index contributed by atoms with van der Waals surface area (Å²) in [5, 5.41) is 0.145. The van der Waals surface area contributed by atoms with Crippen LogP contribution in [0.4, 0.5) is 0 Å². The van der Waals surface area contributed by atoms with E-state index < -0.39 is 9.05 Å². The summed E-state index contributed by atoms with van der Waals surface area (Å²) in [4.78, 5) is 4.46. The number of hydrogen-bond acceptors (Lipinski definition) is 3. The van der Waals surface area contributed by atoms with E-state index in [-0.39, 0.29) is 10.9 Å². The summed E-state index contributed by atoms with van der Waals surface area (Å²) in [5.74, 6) is 0.216. The molecule has 6 heteroatoms. The molecule has 0 unspecified atom stereocenters. The summed E-state index contributed by atoms with van der Waals surface area (Å²) in [5.41, 5.74) is 1.27. The lowest BCUT2D eigenvalue weighted by Crippen LogP contribution is -2.03. The maximum atomic E-state index is 11.8. The molecule has 0 saturated heterocycles. The van der Waals surface area contributed by atoms with Crippen LogP contribution in [0.1, 0.15) is 37.3 Å². The molecule has 0 aliphatic heterocycles. The molecule has 0 N–H and O–H groups in total. The fraction of sp³-hybridized carbons (Fsp3) is 0.417. The second-order valence-electron chi connectivity index (χ2n) is 4.65. The van der Waals surface area contributed by atoms with E-state index in [2.05, 4.69) is 4.98 Å². The van der Waals surface area contributed by atoms with Crippen molar-refractivity contribution in [2.45, 2.75) is 36.6 Å². The van der Waals surface area contributed by atoms with Gasteiger partial charge in [-0.25, -0.2) is 13.4 Å². The van der Waals surface area contributed by atoms with Gasteiger partial charge in [0.05, 0.1) is 5.69 Å². The van der Waals surface area contributed by atoms with Crippen LogP contribution in [-0.2, 0) is 9.05 Å². The Labute approximate surface area is 110 Å². The Morgan fingerprint density at radius 3 is 2.67 bits per heavy atom. The van der Waals surface area contributed by atoms with Crippen LogP contribution in [0.2, 0.25) is 0 Å². The lowest BCUT2D eigenvalue weighted by molar-refractivity contribution is 0.598. The third-order valence-corrected chi connectivity index (χ3v) is 4.79. The van der Waals surface area contributed by atoms with Crippen LogP contribution in [0.25, 0.3) is 5.65 Å². The molecule has 18 heavy (non-hydrogen) atoms. The standard InChI is InChI=1S/C12H13ClN2O2S/c13-18(16,17)12-11(9-5-1-2-6-9)14-10-7-3-4-8-15(10)12/h3-4,7-9H,1-2,5-6H2. The van der Waals surface area contributed by atoms with Crippen molar-refractivity contribution in [1.82, 2.24) is 9.38 Å². The largest absolute Gasteiger partial charge is 0.289 e. The maximum absolute atomic E-state index is 11.8. The topological polar surface area (TPSA) is 51.4 Å². The normalized spacial score (nSPS) is 17.6. The van der Waals surface area contributed by atoms with Crippen LogP contribution in [0, 0.1) is 0 Å². The Bertz CT molecular complexity index is 687. The summed E-state index contributed by atoms with van der Waals surface area (Å²) >= 11 is 0. The zero-order chi connectivity index (χ0) is 12.8. The highest BCUT2D eigenvalue weighted by atomic mass is 35.7. The quantitative estimate of drug-likeness (QED) is 0.797. The molecule has 96 valence electrons. The van der Waals surface area contributed by atoms with Crippen LogP contribution in [0.3, 0.4) is 0 Å². The van der Waals surface area contributed by atoms with Crippen molar-refractivity contribution in [1.29, 1.82) is 0 Å². The number of aromatic nitrogens is 2. The van der Waals surface area contributed by atoms with Crippen molar-refractivity contribution in [2.24, 2.45) is 0 Å². The molecule has 1 aliphatic carbocycles. The molecule has 0 amide bonds. The molecule has 0 spiro atoms. The zero-order valence-electron chi connectivity index (χ0n) is 9.71. The Hall–Kier alpha value is -1.07. The fourth-order valence-corrected chi connectivity index (χ4v) is 4.01. The van der Waals surface area contributed by atoms with Gasteiger partial charge in [-0.05, 0) is 25.0 Å². The van der Waals surface area contributed by atoms with Crippen LogP contribution in [0.5, 0.6) is 0 Å². The van der Waals surface area contributed by atoms with E-state index in [9.17, 15) is 8.42 Å². The van der Waals surface area contributed by atoms with Gasteiger partial charge >= 0.3 is 0 Å². The molecule has 1 saturated carbocycles. The lowest BCUT2D eigenvalue weighted by atomic mass is 10.1. The van der Waals surface area contributed by atoms with Gasteiger partial charge in [-0.1, -0.05) is 18.9 Å². The second kappa shape index (κ2) is 4.24. The second-order valence-corrected chi connectivity index (χ2v) is 7.13. The number of halogens is 1. The van der Waals surface area contributed by atoms with E-state index in [0.717, 1.165) is 25.7 Å². The minimum Gasteiger partial charge on any atom is -0.289 e. The van der Waals surface area contributed by atoms with Crippen molar-refractivity contribution in [2.75, 3.05) is 0 Å². The summed E-state index contributed by atoms with van der Waals surface area (Å²) in [6.45, 7) is 0. The van der Waals surface area contributed by atoms with Gasteiger partial charge in [-0.3, -0.25) is 4.40 Å². The molecule has 2 aromatic heterocycles. The summed E-state index contributed by atoms with van der Waals surface area (Å²) in [7, 11) is 1.79. The highest BCUT2D eigenvalue weighted by Gasteiger charge is 2.29. The highest BCUT2D eigenvalue weighted by molar-refractivity contribution is 8.13. The van der Waals surface area contributed by atoms with Crippen LogP contribution < -0.4 is 0 Å². The van der Waals surface area contributed by atoms with Gasteiger partial charge < -0.3 is 0 Å². The van der Waals surface area contributed by atoms with Gasteiger partial charge in [0, 0.05) is 22.8 Å². The van der Waals surface area contributed by atoms with Gasteiger partial charge in [0.2, 0.25) is 0 Å². The van der Waals surface area contributed by atoms with Gasteiger partial charge in [0.15, 0.2) is 5.03 Å². The molecule has 2 aromatic rings. The number of pyridine rings is 1. The molecule has 0 aromatic carbocycles. The summed E-state index contributed by atoms with van der Waals surface area (Å²) < 4.78 is 25.1. The van der Waals surface area contributed by atoms with Gasteiger partial charge in [-0.15, -0.1) is 0 Å². The molecule has 0 radical (unpaired) electrons. The van der Waals surface area contributed by atoms with Crippen molar-refractivity contribution < 1.29 is 8.42 Å². The Balaban J connectivity index is 2.30. The average Bonchev–Trinajstić information content (AvgIpc) is 2.94. The molecule has 0 atom stereocenters. The van der Waals surface area contributed by atoms with E-state index in [1.807, 2.05) is 6.07 Å². The number of hydrogen-bond donors (Lipinski definition) is 0. The van der Waals surface area contributed by atoms with Gasteiger partial charge in [0.1, 0.15) is 5.65 Å². The first-order chi connectivity index (χ1) is 8.57. The minimum atomic E-state index is -3.78. The van der Waals surface area contributed by atoms with E-state index in [1.54, 1.807) is 22.7 Å². The van der Waals surface area contributed by atoms with Crippen molar-refractivity contribution in [3.63, 3.8) is 0 Å². The summed E-state index contributed by atoms with van der Waals surface area (Å²) in [6.07, 6.45) is 5.92. The molecule has 4 nitrogen and oxygen atoms in total. The van der Waals surface area contributed by atoms with Crippen molar-refractivity contribution in [3.05, 3.63) is 30.1 Å². The number of fused-ring (bicyclic) bond motifs is 1. The Kier molecular flexibility index (Phi) is 2.83. The highest BCUT2D eigenvalue weighted by Crippen LogP contribution is 2.37. The molecule has 0 bridgehead atoms. The number of rotatable bonds is 2. The minimum absolute atomic E-state index is 0.145. The monoisotopic (exact) mass is 284 g/mol. The number of nitrogens with zero attached hydrogens (tertiary/aromatic N) is 2. The molecular weight excluding hydrogens is 272 g/mol. The third-order valence-electron chi connectivity index (χ3n) is 3.48. The summed E-state index contributed by atoms with van der Waals surface area (Å²) in [6, 6.07) is 5.41. The SMILES string of the molecule is O=S(=O)(Cl)c1c(C2CCCC2)nc2ccccn12. The number of imidazole rings is 1. The predicted molar refractivity (Wildman–Crippen MR) is 69.4 cm³/mol. The van der Waals surface area contributed by atoms with Gasteiger partial charge in [-0.2, -0.15) is 0 Å². The van der Waals surface area contributed by atoms with Gasteiger partial charge in [0.25, 0.3) is 9.05 Å². The molecular formula is C12H13ClN2O2S. The van der Waals surface area contributed by atoms with E-state index >= 15 is 0 Å². The molecule has 3 rings (SSSR count). The smallest absolute Gasteiger partial charge is 0.279 e. The van der Waals surface area contributed by atoms with E-state index in [0.29, 0.717) is 11.3 Å². The first kappa shape index (κ1) is 12.0. The van der Waals surface area contributed by atoms with E-state index in [1.165, 1.54) is 0 Å². The van der Waals surface area contributed by atoms with Crippen molar-refractivity contribution >= 4 is 25.4 Å². The average molecular weight is 285 g/mol. The van der Waals surface area contributed by atoms with Crippen molar-refractivity contribution in [3.8, 4) is 0 Å². The first-order valence-corrected chi connectivity index (χ1v) is 8.30. The van der Waals surface area contributed by atoms with Crippen LogP contribution >= 0.6 is 10.7 Å². The third kappa shape index (κ3) is 1.91. The predicted octanol–water partition coefficient (Wildman–Crippen LogP) is 2.92. The molecule has 1 aliphatic rings. The van der Waals surface area contributed by atoms with E-state index in [4.69, 9.17) is 10.7 Å². The Morgan fingerprint density at radius 1 is 1.28 bits per heavy atom. The molecule has 1 fully saturated rings. The molecule has 2 heterocycles. The van der Waals surface area contributed by atoms with Crippen LogP contribution in [0.15, 0.2) is 29.4 Å². The Morgan fingerprint density at radius 2 is 2.00 bits per heavy atom. The maximum Gasteiger partial charge on any atom is 0.279 e.